The summed E-state index contributed by atoms with van der Waals surface area (Å²) in [7, 11) is 0. The molecule has 0 amide bonds. The van der Waals surface area contributed by atoms with Crippen LogP contribution in [0.1, 0.15) is 46.0 Å². The Kier molecular flexibility index (Phi) is 10.8. The topological polar surface area (TPSA) is 41.5 Å². The summed E-state index contributed by atoms with van der Waals surface area (Å²) in [6.07, 6.45) is 5.91. The third-order valence-corrected chi connectivity index (χ3v) is 5.28. The Bertz CT molecular complexity index is 223. The molecule has 4 heteroatoms. The molecule has 0 spiro atoms. The van der Waals surface area contributed by atoms with Crippen LogP contribution >= 0.6 is 11.8 Å². The third-order valence-electron chi connectivity index (χ3n) is 4.04. The highest BCUT2D eigenvalue weighted by Gasteiger charge is 2.15. The van der Waals surface area contributed by atoms with Gasteiger partial charge in [0.15, 0.2) is 0 Å². The quantitative estimate of drug-likeness (QED) is 0.582. The Morgan fingerprint density at radius 2 is 2.20 bits per heavy atom. The molecule has 2 N–H and O–H groups in total. The van der Waals surface area contributed by atoms with Crippen LogP contribution in [0, 0.1) is 11.8 Å². The van der Waals surface area contributed by atoms with E-state index in [1.165, 1.54) is 43.6 Å². The Balaban J connectivity index is 1.96. The summed E-state index contributed by atoms with van der Waals surface area (Å²) in [5.74, 6) is 4.03. The maximum absolute atomic E-state index is 9.89. The predicted octanol–water partition coefficient (Wildman–Crippen LogP) is 2.92. The summed E-state index contributed by atoms with van der Waals surface area (Å²) in [6.45, 7) is 7.42. The molecule has 0 radical (unpaired) electrons. The van der Waals surface area contributed by atoms with Gasteiger partial charge in [-0.05, 0) is 42.7 Å². The van der Waals surface area contributed by atoms with Crippen molar-refractivity contribution in [2.45, 2.75) is 52.1 Å². The largest absolute Gasteiger partial charge is 0.389 e. The number of nitrogens with one attached hydrogen (secondary N) is 1. The van der Waals surface area contributed by atoms with E-state index in [2.05, 4.69) is 19.2 Å². The number of aliphatic hydroxyl groups excluding tert-OH is 1. The molecule has 20 heavy (non-hydrogen) atoms. The molecule has 0 aromatic heterocycles. The van der Waals surface area contributed by atoms with Gasteiger partial charge in [-0.25, -0.2) is 0 Å². The van der Waals surface area contributed by atoms with Crippen molar-refractivity contribution in [3.05, 3.63) is 0 Å². The average Bonchev–Trinajstić information content (AvgIpc) is 2.96. The van der Waals surface area contributed by atoms with Crippen LogP contribution in [0.3, 0.4) is 0 Å². The number of unbranched alkanes of at least 4 members (excludes halogenated alkanes) is 1. The van der Waals surface area contributed by atoms with Gasteiger partial charge in [-0.1, -0.05) is 33.1 Å². The van der Waals surface area contributed by atoms with Gasteiger partial charge >= 0.3 is 0 Å². The minimum absolute atomic E-state index is 0.368. The summed E-state index contributed by atoms with van der Waals surface area (Å²) < 4.78 is 5.67. The lowest BCUT2D eigenvalue weighted by molar-refractivity contribution is 0.0191. The molecule has 1 fully saturated rings. The van der Waals surface area contributed by atoms with Gasteiger partial charge in [0, 0.05) is 13.2 Å². The van der Waals surface area contributed by atoms with Crippen molar-refractivity contribution in [2.24, 2.45) is 11.8 Å². The van der Waals surface area contributed by atoms with E-state index in [-0.39, 0.29) is 6.10 Å². The molecule has 3 nitrogen and oxygen atoms in total. The molecule has 1 heterocycles. The van der Waals surface area contributed by atoms with Crippen molar-refractivity contribution >= 4 is 11.8 Å². The molecule has 0 aliphatic carbocycles. The second-order valence-corrected chi connectivity index (χ2v) is 7.15. The minimum atomic E-state index is -0.368. The monoisotopic (exact) mass is 303 g/mol. The van der Waals surface area contributed by atoms with Crippen LogP contribution < -0.4 is 5.32 Å². The molecule has 0 aromatic rings. The van der Waals surface area contributed by atoms with Crippen molar-refractivity contribution in [2.75, 3.05) is 37.8 Å². The summed E-state index contributed by atoms with van der Waals surface area (Å²) in [5, 5.41) is 13.3. The van der Waals surface area contributed by atoms with Crippen LogP contribution in [-0.2, 0) is 4.74 Å². The average molecular weight is 304 g/mol. The van der Waals surface area contributed by atoms with Crippen molar-refractivity contribution in [1.82, 2.24) is 5.32 Å². The first-order valence-electron chi connectivity index (χ1n) is 8.30. The zero-order valence-corrected chi connectivity index (χ0v) is 14.1. The first-order chi connectivity index (χ1) is 9.76. The fourth-order valence-corrected chi connectivity index (χ4v) is 3.81. The van der Waals surface area contributed by atoms with Gasteiger partial charge in [-0.3, -0.25) is 0 Å². The van der Waals surface area contributed by atoms with Crippen LogP contribution in [-0.4, -0.2) is 49.0 Å². The van der Waals surface area contributed by atoms with Crippen LogP contribution in [0.4, 0.5) is 0 Å². The summed E-state index contributed by atoms with van der Waals surface area (Å²) in [5.41, 5.74) is 0. The van der Waals surface area contributed by atoms with Crippen molar-refractivity contribution in [3.63, 3.8) is 0 Å². The number of hydrogen-bond acceptors (Lipinski definition) is 4. The van der Waals surface area contributed by atoms with Crippen LogP contribution in [0.25, 0.3) is 0 Å². The second-order valence-electron chi connectivity index (χ2n) is 6.00. The van der Waals surface area contributed by atoms with Gasteiger partial charge in [-0.2, -0.15) is 11.8 Å². The molecule has 3 atom stereocenters. The number of rotatable bonds is 12. The van der Waals surface area contributed by atoms with Crippen LogP contribution in [0.2, 0.25) is 0 Å². The van der Waals surface area contributed by atoms with Crippen molar-refractivity contribution in [3.8, 4) is 0 Å². The van der Waals surface area contributed by atoms with E-state index < -0.39 is 0 Å². The van der Waals surface area contributed by atoms with Gasteiger partial charge < -0.3 is 15.2 Å². The van der Waals surface area contributed by atoms with Crippen molar-refractivity contribution in [1.29, 1.82) is 0 Å². The van der Waals surface area contributed by atoms with Gasteiger partial charge in [0.2, 0.25) is 0 Å². The van der Waals surface area contributed by atoms with Crippen LogP contribution in [0.15, 0.2) is 0 Å². The van der Waals surface area contributed by atoms with Gasteiger partial charge in [0.05, 0.1) is 12.7 Å². The van der Waals surface area contributed by atoms with E-state index in [0.717, 1.165) is 19.1 Å². The van der Waals surface area contributed by atoms with Gasteiger partial charge in [0.25, 0.3) is 0 Å². The van der Waals surface area contributed by atoms with Gasteiger partial charge in [0.1, 0.15) is 0 Å². The first-order valence-corrected chi connectivity index (χ1v) is 9.45. The van der Waals surface area contributed by atoms with Crippen LogP contribution in [0.5, 0.6) is 0 Å². The van der Waals surface area contributed by atoms with E-state index in [0.29, 0.717) is 19.1 Å². The number of hydrogen-bond donors (Lipinski definition) is 2. The van der Waals surface area contributed by atoms with Crippen molar-refractivity contribution < 1.29 is 9.84 Å². The zero-order chi connectivity index (χ0) is 14.6. The normalized spacial score (nSPS) is 22.1. The Morgan fingerprint density at radius 1 is 1.35 bits per heavy atom. The maximum Gasteiger partial charge on any atom is 0.0897 e. The predicted molar refractivity (Wildman–Crippen MR) is 88.4 cm³/mol. The maximum atomic E-state index is 9.89. The highest BCUT2D eigenvalue weighted by molar-refractivity contribution is 7.99. The highest BCUT2D eigenvalue weighted by Crippen LogP contribution is 2.22. The Labute approximate surface area is 129 Å². The standard InChI is InChI=1S/C16H33NO2S/c1-3-5-6-14(4-2)11-19-12-16(18)10-17-9-15-7-8-20-13-15/h14-18H,3-13H2,1-2H3. The molecular weight excluding hydrogens is 270 g/mol. The fourth-order valence-electron chi connectivity index (χ4n) is 2.53. The molecule has 0 saturated carbocycles. The Morgan fingerprint density at radius 3 is 2.85 bits per heavy atom. The number of ether oxygens (including phenoxy) is 1. The molecule has 3 unspecified atom stereocenters. The van der Waals surface area contributed by atoms with E-state index >= 15 is 0 Å². The number of aliphatic hydroxyl groups is 1. The fraction of sp³-hybridized carbons (Fsp3) is 1.00. The molecule has 0 bridgehead atoms. The highest BCUT2D eigenvalue weighted by atomic mass is 32.2. The summed E-state index contributed by atoms with van der Waals surface area (Å²) in [4.78, 5) is 0. The molecule has 120 valence electrons. The van der Waals surface area contributed by atoms with Gasteiger partial charge in [-0.15, -0.1) is 0 Å². The lowest BCUT2D eigenvalue weighted by Gasteiger charge is -2.18. The molecule has 1 aliphatic rings. The van der Waals surface area contributed by atoms with E-state index in [1.54, 1.807) is 0 Å². The molecular formula is C16H33NO2S. The Hall–Kier alpha value is 0.230. The molecule has 1 aliphatic heterocycles. The lowest BCUT2D eigenvalue weighted by atomic mass is 10.0. The minimum Gasteiger partial charge on any atom is -0.389 e. The molecule has 1 saturated heterocycles. The number of thioether (sulfide) groups is 1. The SMILES string of the molecule is CCCCC(CC)COCC(O)CNCC1CCSC1. The summed E-state index contributed by atoms with van der Waals surface area (Å²) in [6, 6.07) is 0. The molecule has 1 rings (SSSR count). The molecule has 0 aromatic carbocycles. The van der Waals surface area contributed by atoms with E-state index in [1.807, 2.05) is 11.8 Å². The zero-order valence-electron chi connectivity index (χ0n) is 13.3. The second kappa shape index (κ2) is 11.8. The lowest BCUT2D eigenvalue weighted by Crippen LogP contribution is -2.34. The van der Waals surface area contributed by atoms with E-state index in [4.69, 9.17) is 4.74 Å². The third kappa shape index (κ3) is 8.50. The smallest absolute Gasteiger partial charge is 0.0897 e. The first kappa shape index (κ1) is 18.3. The van der Waals surface area contributed by atoms with E-state index in [9.17, 15) is 5.11 Å². The summed E-state index contributed by atoms with van der Waals surface area (Å²) >= 11 is 2.04.